The van der Waals surface area contributed by atoms with Crippen LogP contribution in [-0.2, 0) is 4.74 Å². The molecule has 0 aromatic heterocycles. The normalized spacial score (nSPS) is 11.9. The third-order valence-corrected chi connectivity index (χ3v) is 2.06. The number of carbonyl (C=O) groups is 1. The van der Waals surface area contributed by atoms with Crippen molar-refractivity contribution >= 4 is 6.29 Å². The van der Waals surface area contributed by atoms with Crippen LogP contribution in [0.1, 0.15) is 24.2 Å². The van der Waals surface area contributed by atoms with Crippen LogP contribution in [0.3, 0.4) is 0 Å². The Labute approximate surface area is 95.1 Å². The van der Waals surface area contributed by atoms with Gasteiger partial charge in [0.05, 0.1) is 12.7 Å². The molecular weight excluding hydrogens is 208 g/mol. The maximum atomic E-state index is 10.9. The van der Waals surface area contributed by atoms with Gasteiger partial charge in [-0.15, -0.1) is 0 Å². The van der Waals surface area contributed by atoms with Gasteiger partial charge in [-0.3, -0.25) is 4.79 Å². The summed E-state index contributed by atoms with van der Waals surface area (Å²) >= 11 is 0. The number of ether oxygens (including phenoxy) is 3. The van der Waals surface area contributed by atoms with E-state index in [9.17, 15) is 4.79 Å². The molecule has 0 bridgehead atoms. The first-order chi connectivity index (χ1) is 7.72. The van der Waals surface area contributed by atoms with Crippen molar-refractivity contribution in [1.82, 2.24) is 0 Å². The number of hydrogen-bond donors (Lipinski definition) is 0. The van der Waals surface area contributed by atoms with Gasteiger partial charge >= 0.3 is 0 Å². The number of aldehydes is 1. The molecule has 0 saturated carbocycles. The van der Waals surface area contributed by atoms with Crippen molar-refractivity contribution in [1.29, 1.82) is 0 Å². The van der Waals surface area contributed by atoms with Gasteiger partial charge in [0.25, 0.3) is 0 Å². The fourth-order valence-electron chi connectivity index (χ4n) is 1.37. The molecule has 0 amide bonds. The van der Waals surface area contributed by atoms with Crippen LogP contribution in [0.25, 0.3) is 0 Å². The molecule has 0 heterocycles. The molecule has 4 heteroatoms. The molecule has 1 rings (SSSR count). The summed E-state index contributed by atoms with van der Waals surface area (Å²) in [4.78, 5) is 10.9. The Kier molecular flexibility index (Phi) is 4.79. The Balaban J connectivity index is 2.90. The highest BCUT2D eigenvalue weighted by atomic mass is 16.7. The van der Waals surface area contributed by atoms with Gasteiger partial charge in [-0.2, -0.15) is 0 Å². The number of carbonyl (C=O) groups excluding carboxylic acids is 1. The van der Waals surface area contributed by atoms with Gasteiger partial charge in [0.2, 0.25) is 0 Å². The Hall–Kier alpha value is -1.55. The summed E-state index contributed by atoms with van der Waals surface area (Å²) in [5.41, 5.74) is 0.400. The van der Waals surface area contributed by atoms with Gasteiger partial charge in [-0.05, 0) is 26.0 Å². The molecule has 1 atom stereocenters. The van der Waals surface area contributed by atoms with Gasteiger partial charge in [-0.1, -0.05) is 6.07 Å². The predicted molar refractivity (Wildman–Crippen MR) is 60.1 cm³/mol. The quantitative estimate of drug-likeness (QED) is 0.549. The highest BCUT2D eigenvalue weighted by Gasteiger charge is 2.11. The van der Waals surface area contributed by atoms with E-state index in [0.29, 0.717) is 30.0 Å². The lowest BCUT2D eigenvalue weighted by molar-refractivity contribution is -0.0615. The third kappa shape index (κ3) is 2.97. The molecule has 88 valence electrons. The van der Waals surface area contributed by atoms with Crippen molar-refractivity contribution in [2.75, 3.05) is 13.7 Å². The smallest absolute Gasteiger partial charge is 0.196 e. The fraction of sp³-hybridized carbons (Fsp3) is 0.417. The molecule has 0 aliphatic carbocycles. The van der Waals surface area contributed by atoms with Crippen LogP contribution in [0.4, 0.5) is 0 Å². The van der Waals surface area contributed by atoms with E-state index >= 15 is 0 Å². The van der Waals surface area contributed by atoms with E-state index in [0.717, 1.165) is 0 Å². The summed E-state index contributed by atoms with van der Waals surface area (Å²) in [7, 11) is 1.51. The highest BCUT2D eigenvalue weighted by molar-refractivity contribution is 5.83. The molecule has 0 fully saturated rings. The summed E-state index contributed by atoms with van der Waals surface area (Å²) < 4.78 is 15.8. The van der Waals surface area contributed by atoms with Crippen molar-refractivity contribution in [3.05, 3.63) is 23.8 Å². The molecule has 4 nitrogen and oxygen atoms in total. The summed E-state index contributed by atoms with van der Waals surface area (Å²) in [6, 6.07) is 5.18. The van der Waals surface area contributed by atoms with Gasteiger partial charge in [0.1, 0.15) is 11.5 Å². The molecule has 0 N–H and O–H groups in total. The van der Waals surface area contributed by atoms with E-state index in [1.54, 1.807) is 25.1 Å². The van der Waals surface area contributed by atoms with Crippen LogP contribution < -0.4 is 9.47 Å². The van der Waals surface area contributed by atoms with E-state index in [-0.39, 0.29) is 0 Å². The number of methoxy groups -OCH3 is 1. The van der Waals surface area contributed by atoms with Crippen LogP contribution in [0, 0.1) is 0 Å². The first-order valence-electron chi connectivity index (χ1n) is 5.13. The number of benzene rings is 1. The van der Waals surface area contributed by atoms with Crippen LogP contribution in [0.15, 0.2) is 18.2 Å². The van der Waals surface area contributed by atoms with Gasteiger partial charge in [0.15, 0.2) is 12.6 Å². The Morgan fingerprint density at radius 3 is 2.62 bits per heavy atom. The average Bonchev–Trinajstić information content (AvgIpc) is 2.29. The molecule has 0 saturated heterocycles. The maximum Gasteiger partial charge on any atom is 0.196 e. The molecule has 0 aliphatic rings. The summed E-state index contributed by atoms with van der Waals surface area (Å²) in [5.74, 6) is 0.964. The average molecular weight is 224 g/mol. The third-order valence-electron chi connectivity index (χ3n) is 2.06. The fourth-order valence-corrected chi connectivity index (χ4v) is 1.37. The molecule has 1 aromatic rings. The van der Waals surface area contributed by atoms with E-state index in [2.05, 4.69) is 0 Å². The summed E-state index contributed by atoms with van der Waals surface area (Å²) in [6.45, 7) is 4.21. The lowest BCUT2D eigenvalue weighted by atomic mass is 10.2. The van der Waals surface area contributed by atoms with Crippen molar-refractivity contribution in [3.63, 3.8) is 0 Å². The topological polar surface area (TPSA) is 44.8 Å². The highest BCUT2D eigenvalue weighted by Crippen LogP contribution is 2.27. The predicted octanol–water partition coefficient (Wildman–Crippen LogP) is 2.27. The molecular formula is C12H16O4. The van der Waals surface area contributed by atoms with E-state index in [1.165, 1.54) is 7.11 Å². The second-order valence-electron chi connectivity index (χ2n) is 3.13. The lowest BCUT2D eigenvalue weighted by Crippen LogP contribution is -2.16. The minimum Gasteiger partial charge on any atom is -0.496 e. The summed E-state index contributed by atoms with van der Waals surface area (Å²) in [5, 5.41) is 0. The zero-order valence-corrected chi connectivity index (χ0v) is 9.73. The largest absolute Gasteiger partial charge is 0.496 e. The lowest BCUT2D eigenvalue weighted by Gasteiger charge is -2.16. The van der Waals surface area contributed by atoms with Gasteiger partial charge < -0.3 is 14.2 Å². The van der Waals surface area contributed by atoms with E-state index < -0.39 is 6.29 Å². The molecule has 1 aromatic carbocycles. The van der Waals surface area contributed by atoms with Crippen molar-refractivity contribution < 1.29 is 19.0 Å². The number of hydrogen-bond acceptors (Lipinski definition) is 4. The second kappa shape index (κ2) is 6.12. The van der Waals surface area contributed by atoms with Gasteiger partial charge in [-0.25, -0.2) is 0 Å². The monoisotopic (exact) mass is 224 g/mol. The van der Waals surface area contributed by atoms with Gasteiger partial charge in [0, 0.05) is 6.61 Å². The molecule has 1 unspecified atom stereocenters. The van der Waals surface area contributed by atoms with Crippen molar-refractivity contribution in [2.45, 2.75) is 20.1 Å². The molecule has 0 aliphatic heterocycles. The first kappa shape index (κ1) is 12.5. The maximum absolute atomic E-state index is 10.9. The Morgan fingerprint density at radius 2 is 2.06 bits per heavy atom. The zero-order valence-electron chi connectivity index (χ0n) is 9.73. The standard InChI is InChI=1S/C12H16O4/c1-4-15-9(2)16-12-7-5-6-11(14-3)10(12)8-13/h5-9H,4H2,1-3H3. The van der Waals surface area contributed by atoms with E-state index in [4.69, 9.17) is 14.2 Å². The first-order valence-corrected chi connectivity index (χ1v) is 5.13. The molecule has 0 radical (unpaired) electrons. The van der Waals surface area contributed by atoms with E-state index in [1.807, 2.05) is 6.92 Å². The molecule has 16 heavy (non-hydrogen) atoms. The van der Waals surface area contributed by atoms with Crippen LogP contribution >= 0.6 is 0 Å². The SMILES string of the molecule is CCOC(C)Oc1cccc(OC)c1C=O. The van der Waals surface area contributed by atoms with Crippen LogP contribution in [0.2, 0.25) is 0 Å². The summed E-state index contributed by atoms with van der Waals surface area (Å²) in [6.07, 6.45) is 0.322. The Bertz CT molecular complexity index is 349. The second-order valence-corrected chi connectivity index (χ2v) is 3.13. The molecule has 0 spiro atoms. The van der Waals surface area contributed by atoms with Crippen molar-refractivity contribution in [2.24, 2.45) is 0 Å². The Morgan fingerprint density at radius 1 is 1.38 bits per heavy atom. The van der Waals surface area contributed by atoms with Crippen molar-refractivity contribution in [3.8, 4) is 11.5 Å². The van der Waals surface area contributed by atoms with Crippen LogP contribution in [0.5, 0.6) is 11.5 Å². The number of rotatable bonds is 6. The minimum absolute atomic E-state index is 0.393. The van der Waals surface area contributed by atoms with Crippen LogP contribution in [-0.4, -0.2) is 26.3 Å². The zero-order chi connectivity index (χ0) is 12.0. The minimum atomic E-state index is -0.393.